The van der Waals surface area contributed by atoms with Gasteiger partial charge in [0.1, 0.15) is 0 Å². The zero-order valence-corrected chi connectivity index (χ0v) is 10.4. The highest BCUT2D eigenvalue weighted by Crippen LogP contribution is 2.31. The summed E-state index contributed by atoms with van der Waals surface area (Å²) in [7, 11) is 0. The minimum absolute atomic E-state index is 0.765. The average molecular weight is 261 g/mol. The number of aliphatic hydroxyl groups is 1. The molecule has 0 aliphatic rings. The van der Waals surface area contributed by atoms with Crippen LogP contribution in [-0.2, 0) is 5.60 Å². The van der Waals surface area contributed by atoms with Crippen molar-refractivity contribution < 1.29 is 5.11 Å². The fourth-order valence-corrected chi connectivity index (χ4v) is 2.47. The predicted molar refractivity (Wildman–Crippen MR) is 61.2 cm³/mol. The number of benzene rings is 1. The molecule has 0 saturated heterocycles. The van der Waals surface area contributed by atoms with E-state index >= 15 is 0 Å². The van der Waals surface area contributed by atoms with Crippen LogP contribution >= 0.6 is 27.7 Å². The molecule has 1 rings (SSSR count). The molecule has 0 atom stereocenters. The number of halogens is 1. The molecule has 0 spiro atoms. The van der Waals surface area contributed by atoms with Crippen LogP contribution in [0.15, 0.2) is 27.6 Å². The third-order valence-electron chi connectivity index (χ3n) is 1.82. The molecule has 72 valence electrons. The lowest BCUT2D eigenvalue weighted by molar-refractivity contribution is 0.0757. The van der Waals surface area contributed by atoms with E-state index in [1.165, 1.54) is 0 Å². The van der Waals surface area contributed by atoms with Crippen LogP contribution in [0.2, 0.25) is 0 Å². The topological polar surface area (TPSA) is 20.2 Å². The van der Waals surface area contributed by atoms with Crippen LogP contribution in [-0.4, -0.2) is 11.4 Å². The molecule has 3 heteroatoms. The predicted octanol–water partition coefficient (Wildman–Crippen LogP) is 3.40. The Labute approximate surface area is 91.7 Å². The highest BCUT2D eigenvalue weighted by molar-refractivity contribution is 9.10. The smallest absolute Gasteiger partial charge is 0.0851 e. The second-order valence-electron chi connectivity index (χ2n) is 3.40. The normalized spacial score (nSPS) is 11.8. The molecule has 13 heavy (non-hydrogen) atoms. The van der Waals surface area contributed by atoms with Crippen LogP contribution in [0.1, 0.15) is 19.4 Å². The third-order valence-corrected chi connectivity index (χ3v) is 3.09. The van der Waals surface area contributed by atoms with Crippen molar-refractivity contribution in [2.45, 2.75) is 24.3 Å². The van der Waals surface area contributed by atoms with Crippen molar-refractivity contribution in [2.75, 3.05) is 6.26 Å². The van der Waals surface area contributed by atoms with Crippen molar-refractivity contribution in [1.82, 2.24) is 0 Å². The summed E-state index contributed by atoms with van der Waals surface area (Å²) in [6.07, 6.45) is 2.01. The van der Waals surface area contributed by atoms with Gasteiger partial charge < -0.3 is 5.11 Å². The van der Waals surface area contributed by atoms with E-state index in [9.17, 15) is 5.11 Å². The molecule has 0 heterocycles. The van der Waals surface area contributed by atoms with E-state index in [1.54, 1.807) is 25.6 Å². The first-order valence-corrected chi connectivity index (χ1v) is 6.03. The molecular weight excluding hydrogens is 248 g/mol. The van der Waals surface area contributed by atoms with Crippen LogP contribution in [0.4, 0.5) is 0 Å². The molecule has 0 bridgehead atoms. The van der Waals surface area contributed by atoms with Gasteiger partial charge in [0.25, 0.3) is 0 Å². The molecule has 0 amide bonds. The minimum Gasteiger partial charge on any atom is -0.386 e. The van der Waals surface area contributed by atoms with Gasteiger partial charge in [0.2, 0.25) is 0 Å². The third kappa shape index (κ3) is 2.73. The Balaban J connectivity index is 3.22. The van der Waals surface area contributed by atoms with Gasteiger partial charge in [-0.3, -0.25) is 0 Å². The van der Waals surface area contributed by atoms with Crippen molar-refractivity contribution in [3.63, 3.8) is 0 Å². The van der Waals surface area contributed by atoms with E-state index in [2.05, 4.69) is 15.9 Å². The van der Waals surface area contributed by atoms with E-state index in [-0.39, 0.29) is 0 Å². The molecule has 0 aliphatic carbocycles. The molecule has 0 unspecified atom stereocenters. The van der Waals surface area contributed by atoms with Crippen LogP contribution in [0.3, 0.4) is 0 Å². The van der Waals surface area contributed by atoms with Crippen molar-refractivity contribution in [3.8, 4) is 0 Å². The summed E-state index contributed by atoms with van der Waals surface area (Å²) >= 11 is 5.06. The lowest BCUT2D eigenvalue weighted by atomic mass is 9.99. The van der Waals surface area contributed by atoms with Gasteiger partial charge in [0.15, 0.2) is 0 Å². The fourth-order valence-electron chi connectivity index (χ4n) is 1.17. The van der Waals surface area contributed by atoms with Gasteiger partial charge in [-0.05, 0) is 37.8 Å². The summed E-state index contributed by atoms with van der Waals surface area (Å²) in [6.45, 7) is 3.60. The van der Waals surface area contributed by atoms with E-state index in [4.69, 9.17) is 0 Å². The van der Waals surface area contributed by atoms with Crippen LogP contribution in [0, 0.1) is 0 Å². The summed E-state index contributed by atoms with van der Waals surface area (Å²) in [6, 6.07) is 5.93. The molecule has 1 nitrogen and oxygen atoms in total. The van der Waals surface area contributed by atoms with Crippen molar-refractivity contribution in [1.29, 1.82) is 0 Å². The average Bonchev–Trinajstić information content (AvgIpc) is 2.01. The number of rotatable bonds is 2. The number of hydrogen-bond acceptors (Lipinski definition) is 2. The molecule has 0 saturated carbocycles. The number of thioether (sulfide) groups is 1. The lowest BCUT2D eigenvalue weighted by Crippen LogP contribution is -2.16. The van der Waals surface area contributed by atoms with E-state index in [0.29, 0.717) is 0 Å². The first kappa shape index (κ1) is 11.1. The monoisotopic (exact) mass is 260 g/mol. The Hall–Kier alpha value is 0.01000. The fraction of sp³-hybridized carbons (Fsp3) is 0.400. The Morgan fingerprint density at radius 2 is 2.00 bits per heavy atom. The van der Waals surface area contributed by atoms with E-state index < -0.39 is 5.60 Å². The first-order chi connectivity index (χ1) is 5.95. The molecule has 0 aromatic heterocycles. The standard InChI is InChI=1S/C10H13BrOS/c1-10(2,12)8-5-4-7(11)6-9(8)13-3/h4-6,12H,1-3H3. The molecule has 0 aliphatic heterocycles. The van der Waals surface area contributed by atoms with Crippen LogP contribution in [0.5, 0.6) is 0 Å². The van der Waals surface area contributed by atoms with Gasteiger partial charge in [-0.25, -0.2) is 0 Å². The Bertz CT molecular complexity index is 304. The largest absolute Gasteiger partial charge is 0.386 e. The Morgan fingerprint density at radius 3 is 2.46 bits per heavy atom. The molecule has 1 aromatic carbocycles. The van der Waals surface area contributed by atoms with E-state index in [0.717, 1.165) is 14.9 Å². The summed E-state index contributed by atoms with van der Waals surface area (Å²) in [4.78, 5) is 1.11. The van der Waals surface area contributed by atoms with E-state index in [1.807, 2.05) is 24.5 Å². The SMILES string of the molecule is CSc1cc(Br)ccc1C(C)(C)O. The molecule has 1 N–H and O–H groups in total. The van der Waals surface area contributed by atoms with Gasteiger partial charge in [-0.2, -0.15) is 0 Å². The summed E-state index contributed by atoms with van der Waals surface area (Å²) < 4.78 is 1.05. The zero-order valence-electron chi connectivity index (χ0n) is 7.97. The zero-order chi connectivity index (χ0) is 10.1. The van der Waals surface area contributed by atoms with Crippen molar-refractivity contribution >= 4 is 27.7 Å². The maximum atomic E-state index is 9.86. The van der Waals surface area contributed by atoms with Gasteiger partial charge in [-0.1, -0.05) is 22.0 Å². The van der Waals surface area contributed by atoms with Crippen LogP contribution < -0.4 is 0 Å². The molecule has 0 fully saturated rings. The summed E-state index contributed by atoms with van der Waals surface area (Å²) in [5.74, 6) is 0. The van der Waals surface area contributed by atoms with Gasteiger partial charge in [-0.15, -0.1) is 11.8 Å². The summed E-state index contributed by atoms with van der Waals surface area (Å²) in [5.41, 5.74) is 0.210. The van der Waals surface area contributed by atoms with Gasteiger partial charge in [0, 0.05) is 9.37 Å². The summed E-state index contributed by atoms with van der Waals surface area (Å²) in [5, 5.41) is 9.86. The molecule has 1 aromatic rings. The Kier molecular flexibility index (Phi) is 3.44. The second kappa shape index (κ2) is 4.03. The highest BCUT2D eigenvalue weighted by Gasteiger charge is 2.19. The minimum atomic E-state index is -0.765. The quantitative estimate of drug-likeness (QED) is 0.823. The van der Waals surface area contributed by atoms with Crippen molar-refractivity contribution in [2.24, 2.45) is 0 Å². The maximum Gasteiger partial charge on any atom is 0.0851 e. The van der Waals surface area contributed by atoms with Gasteiger partial charge >= 0.3 is 0 Å². The van der Waals surface area contributed by atoms with Crippen LogP contribution in [0.25, 0.3) is 0 Å². The molecule has 0 radical (unpaired) electrons. The van der Waals surface area contributed by atoms with Gasteiger partial charge in [0.05, 0.1) is 5.60 Å². The second-order valence-corrected chi connectivity index (χ2v) is 5.17. The van der Waals surface area contributed by atoms with Crippen molar-refractivity contribution in [3.05, 3.63) is 28.2 Å². The first-order valence-electron chi connectivity index (χ1n) is 4.01. The maximum absolute atomic E-state index is 9.86. The Morgan fingerprint density at radius 1 is 1.38 bits per heavy atom. The molecular formula is C10H13BrOS. The highest BCUT2D eigenvalue weighted by atomic mass is 79.9. The lowest BCUT2D eigenvalue weighted by Gasteiger charge is -2.20. The number of hydrogen-bond donors (Lipinski definition) is 1.